The van der Waals surface area contributed by atoms with Gasteiger partial charge in [0.2, 0.25) is 0 Å². The van der Waals surface area contributed by atoms with Crippen LogP contribution in [0.2, 0.25) is 0 Å². The van der Waals surface area contributed by atoms with Crippen molar-refractivity contribution in [3.8, 4) is 11.5 Å². The van der Waals surface area contributed by atoms with Crippen molar-refractivity contribution in [2.75, 3.05) is 0 Å². The molecule has 4 heteroatoms. The molecule has 0 aromatic heterocycles. The molecule has 0 unspecified atom stereocenters. The zero-order valence-electron chi connectivity index (χ0n) is 14.5. The summed E-state index contributed by atoms with van der Waals surface area (Å²) in [6, 6.07) is 24.3. The summed E-state index contributed by atoms with van der Waals surface area (Å²) in [5.41, 5.74) is 4.63. The van der Waals surface area contributed by atoms with Gasteiger partial charge in [0.25, 0.3) is 0 Å². The lowest BCUT2D eigenvalue weighted by atomic mass is 10.1. The zero-order chi connectivity index (χ0) is 18.2. The Kier molecular flexibility index (Phi) is 6.92. The van der Waals surface area contributed by atoms with Gasteiger partial charge in [-0.05, 0) is 46.5 Å². The van der Waals surface area contributed by atoms with E-state index in [1.54, 1.807) is 0 Å². The lowest BCUT2D eigenvalue weighted by Crippen LogP contribution is -1.98. The van der Waals surface area contributed by atoms with Crippen LogP contribution in [0.25, 0.3) is 0 Å². The molecular formula is C22H22O2S2. The molecule has 0 amide bonds. The van der Waals surface area contributed by atoms with Crippen LogP contribution in [0.3, 0.4) is 0 Å². The Morgan fingerprint density at radius 2 is 0.769 bits per heavy atom. The highest BCUT2D eigenvalue weighted by atomic mass is 32.1. The van der Waals surface area contributed by atoms with Crippen molar-refractivity contribution in [2.24, 2.45) is 0 Å². The summed E-state index contributed by atoms with van der Waals surface area (Å²) in [6.45, 7) is 1.10. The maximum Gasteiger partial charge on any atom is 0.119 e. The third-order valence-electron chi connectivity index (χ3n) is 4.05. The molecular weight excluding hydrogens is 360 g/mol. The maximum atomic E-state index is 5.82. The molecule has 3 aromatic rings. The first-order valence-corrected chi connectivity index (χ1v) is 9.76. The van der Waals surface area contributed by atoms with Crippen molar-refractivity contribution in [3.63, 3.8) is 0 Å². The molecule has 26 heavy (non-hydrogen) atoms. The summed E-state index contributed by atoms with van der Waals surface area (Å²) >= 11 is 8.52. The fourth-order valence-electron chi connectivity index (χ4n) is 2.45. The van der Waals surface area contributed by atoms with Gasteiger partial charge < -0.3 is 9.47 Å². The van der Waals surface area contributed by atoms with Crippen LogP contribution in [0.5, 0.6) is 11.5 Å². The summed E-state index contributed by atoms with van der Waals surface area (Å²) in [5, 5.41) is 0. The average molecular weight is 383 g/mol. The Morgan fingerprint density at radius 3 is 1.08 bits per heavy atom. The first-order valence-electron chi connectivity index (χ1n) is 8.50. The van der Waals surface area contributed by atoms with Crippen LogP contribution in [-0.2, 0) is 24.7 Å². The molecule has 0 aliphatic heterocycles. The standard InChI is InChI=1S/C22H22O2S2/c25-15-19-5-9-21(10-6-19)23-13-17-1-2-18(4-3-17)14-24-22-11-7-20(16-26)8-12-22/h1-12,25-26H,13-16H2. The molecule has 0 bridgehead atoms. The fraction of sp³-hybridized carbons (Fsp3) is 0.182. The van der Waals surface area contributed by atoms with Crippen LogP contribution < -0.4 is 9.47 Å². The first-order chi connectivity index (χ1) is 12.8. The van der Waals surface area contributed by atoms with E-state index in [2.05, 4.69) is 49.5 Å². The third-order valence-corrected chi connectivity index (χ3v) is 4.78. The molecule has 134 valence electrons. The molecule has 2 nitrogen and oxygen atoms in total. The summed E-state index contributed by atoms with van der Waals surface area (Å²) in [6.07, 6.45) is 0. The fourth-order valence-corrected chi connectivity index (χ4v) is 2.87. The Balaban J connectivity index is 1.49. The van der Waals surface area contributed by atoms with Crippen LogP contribution in [0.1, 0.15) is 22.3 Å². The van der Waals surface area contributed by atoms with E-state index in [0.717, 1.165) is 34.1 Å². The van der Waals surface area contributed by atoms with Gasteiger partial charge in [-0.2, -0.15) is 25.3 Å². The number of benzene rings is 3. The lowest BCUT2D eigenvalue weighted by molar-refractivity contribution is 0.302. The summed E-state index contributed by atoms with van der Waals surface area (Å²) in [5.74, 6) is 3.21. The Hall–Kier alpha value is -2.04. The molecule has 0 fully saturated rings. The van der Waals surface area contributed by atoms with Crippen molar-refractivity contribution < 1.29 is 9.47 Å². The third kappa shape index (κ3) is 5.48. The predicted molar refractivity (Wildman–Crippen MR) is 113 cm³/mol. The van der Waals surface area contributed by atoms with Gasteiger partial charge in [-0.25, -0.2) is 0 Å². The average Bonchev–Trinajstić information content (AvgIpc) is 2.72. The van der Waals surface area contributed by atoms with Crippen molar-refractivity contribution >= 4 is 25.3 Å². The summed E-state index contributed by atoms with van der Waals surface area (Å²) < 4.78 is 11.6. The van der Waals surface area contributed by atoms with E-state index in [1.165, 1.54) is 11.1 Å². The van der Waals surface area contributed by atoms with Gasteiger partial charge in [0.05, 0.1) is 0 Å². The van der Waals surface area contributed by atoms with Crippen LogP contribution in [-0.4, -0.2) is 0 Å². The predicted octanol–water partition coefficient (Wildman–Crippen LogP) is 5.70. The molecule has 0 saturated carbocycles. The molecule has 3 aromatic carbocycles. The Morgan fingerprint density at radius 1 is 0.462 bits per heavy atom. The van der Waals surface area contributed by atoms with Crippen LogP contribution >= 0.6 is 25.3 Å². The number of ether oxygens (including phenoxy) is 2. The second kappa shape index (κ2) is 9.60. The number of hydrogen-bond donors (Lipinski definition) is 2. The van der Waals surface area contributed by atoms with E-state index in [4.69, 9.17) is 9.47 Å². The van der Waals surface area contributed by atoms with Gasteiger partial charge in [-0.1, -0.05) is 48.5 Å². The maximum absolute atomic E-state index is 5.82. The van der Waals surface area contributed by atoms with Crippen LogP contribution in [0, 0.1) is 0 Å². The molecule has 0 aliphatic rings. The zero-order valence-corrected chi connectivity index (χ0v) is 16.3. The number of thiol groups is 2. The van der Waals surface area contributed by atoms with E-state index in [9.17, 15) is 0 Å². The molecule has 3 rings (SSSR count). The lowest BCUT2D eigenvalue weighted by Gasteiger charge is -2.09. The minimum Gasteiger partial charge on any atom is -0.489 e. The molecule has 0 spiro atoms. The van der Waals surface area contributed by atoms with E-state index in [1.807, 2.05) is 48.5 Å². The SMILES string of the molecule is SCc1ccc(OCc2ccc(COc3ccc(CS)cc3)cc2)cc1. The topological polar surface area (TPSA) is 18.5 Å². The highest BCUT2D eigenvalue weighted by Crippen LogP contribution is 2.17. The van der Waals surface area contributed by atoms with E-state index < -0.39 is 0 Å². The van der Waals surface area contributed by atoms with Gasteiger partial charge in [0.15, 0.2) is 0 Å². The smallest absolute Gasteiger partial charge is 0.119 e. The minimum atomic E-state index is 0.548. The molecule has 0 heterocycles. The monoisotopic (exact) mass is 382 g/mol. The van der Waals surface area contributed by atoms with Crippen molar-refractivity contribution in [1.82, 2.24) is 0 Å². The van der Waals surface area contributed by atoms with Gasteiger partial charge >= 0.3 is 0 Å². The van der Waals surface area contributed by atoms with E-state index in [-0.39, 0.29) is 0 Å². The van der Waals surface area contributed by atoms with Gasteiger partial charge in [0.1, 0.15) is 24.7 Å². The van der Waals surface area contributed by atoms with Crippen LogP contribution in [0.4, 0.5) is 0 Å². The van der Waals surface area contributed by atoms with Crippen molar-refractivity contribution in [3.05, 3.63) is 95.1 Å². The molecule has 0 radical (unpaired) electrons. The molecule has 0 N–H and O–H groups in total. The summed E-state index contributed by atoms with van der Waals surface area (Å²) in [7, 11) is 0. The Labute approximate surface area is 166 Å². The first kappa shape index (κ1) is 18.7. The highest BCUT2D eigenvalue weighted by molar-refractivity contribution is 7.79. The largest absolute Gasteiger partial charge is 0.489 e. The normalized spacial score (nSPS) is 10.5. The van der Waals surface area contributed by atoms with E-state index in [0.29, 0.717) is 13.2 Å². The quantitative estimate of drug-likeness (QED) is 0.487. The highest BCUT2D eigenvalue weighted by Gasteiger charge is 2.00. The van der Waals surface area contributed by atoms with Gasteiger partial charge in [-0.3, -0.25) is 0 Å². The molecule has 0 saturated heterocycles. The van der Waals surface area contributed by atoms with Crippen molar-refractivity contribution in [1.29, 1.82) is 0 Å². The second-order valence-corrected chi connectivity index (χ2v) is 6.63. The van der Waals surface area contributed by atoms with Crippen LogP contribution in [0.15, 0.2) is 72.8 Å². The molecule has 0 aliphatic carbocycles. The Bertz CT molecular complexity index is 727. The number of hydrogen-bond acceptors (Lipinski definition) is 4. The van der Waals surface area contributed by atoms with Gasteiger partial charge in [0, 0.05) is 11.5 Å². The summed E-state index contributed by atoms with van der Waals surface area (Å²) in [4.78, 5) is 0. The minimum absolute atomic E-state index is 0.548. The number of rotatable bonds is 8. The molecule has 0 atom stereocenters. The van der Waals surface area contributed by atoms with E-state index >= 15 is 0 Å². The van der Waals surface area contributed by atoms with Crippen molar-refractivity contribution in [2.45, 2.75) is 24.7 Å². The van der Waals surface area contributed by atoms with Gasteiger partial charge in [-0.15, -0.1) is 0 Å². The second-order valence-electron chi connectivity index (χ2n) is 6.00.